The number of nitrogens with one attached hydrogen (secondary N) is 1. The number of hydrogen-bond acceptors (Lipinski definition) is 3. The zero-order chi connectivity index (χ0) is 18.1. The summed E-state index contributed by atoms with van der Waals surface area (Å²) >= 11 is 6.07. The topological polar surface area (TPSA) is 49.4 Å². The Morgan fingerprint density at radius 2 is 1.65 bits per heavy atom. The molecule has 0 unspecified atom stereocenters. The summed E-state index contributed by atoms with van der Waals surface area (Å²) in [7, 11) is 0. The summed E-state index contributed by atoms with van der Waals surface area (Å²) in [5.74, 6) is -0.816. The van der Waals surface area contributed by atoms with Crippen molar-refractivity contribution in [3.05, 3.63) is 65.7 Å². The molecule has 2 aromatic rings. The number of allylic oxidation sites excluding steroid dienone is 2. The standard InChI is InChI=1S/C21H19ClN2O2/c22-15-10-11-17-18(12-15)21(26)24(20(17)25)13-23-19-9-5-4-8-16(19)14-6-2-1-3-7-14/h1-10,17-18,23H,11-13H2/t17-,18+/m1/s1. The molecule has 2 amide bonds. The number of likely N-dealkylation sites (tertiary alicyclic amines) is 1. The monoisotopic (exact) mass is 366 g/mol. The largest absolute Gasteiger partial charge is 0.367 e. The molecule has 1 saturated heterocycles. The van der Waals surface area contributed by atoms with E-state index in [0.717, 1.165) is 16.8 Å². The van der Waals surface area contributed by atoms with Crippen LogP contribution in [0.3, 0.4) is 0 Å². The molecule has 0 aromatic heterocycles. The van der Waals surface area contributed by atoms with Crippen molar-refractivity contribution >= 4 is 29.1 Å². The predicted molar refractivity (Wildman–Crippen MR) is 102 cm³/mol. The lowest BCUT2D eigenvalue weighted by atomic mass is 9.85. The van der Waals surface area contributed by atoms with Crippen molar-refractivity contribution in [3.8, 4) is 11.1 Å². The van der Waals surface area contributed by atoms with Gasteiger partial charge in [0.15, 0.2) is 0 Å². The first-order valence-electron chi connectivity index (χ1n) is 8.73. The van der Waals surface area contributed by atoms with Gasteiger partial charge >= 0.3 is 0 Å². The van der Waals surface area contributed by atoms with E-state index in [1.54, 1.807) is 0 Å². The first-order valence-corrected chi connectivity index (χ1v) is 9.11. The maximum atomic E-state index is 12.7. The summed E-state index contributed by atoms with van der Waals surface area (Å²) in [5.41, 5.74) is 3.01. The fourth-order valence-electron chi connectivity index (χ4n) is 3.72. The number of para-hydroxylation sites is 1. The maximum Gasteiger partial charge on any atom is 0.234 e. The second kappa shape index (κ2) is 6.96. The average Bonchev–Trinajstić information content (AvgIpc) is 2.91. The molecule has 132 valence electrons. The lowest BCUT2D eigenvalue weighted by Crippen LogP contribution is -2.35. The third-order valence-corrected chi connectivity index (χ3v) is 5.41. The molecule has 2 aliphatic rings. The van der Waals surface area contributed by atoms with Gasteiger partial charge in [-0.15, -0.1) is 0 Å². The van der Waals surface area contributed by atoms with Gasteiger partial charge in [-0.2, -0.15) is 0 Å². The number of anilines is 1. The van der Waals surface area contributed by atoms with Crippen LogP contribution in [0.15, 0.2) is 65.7 Å². The van der Waals surface area contributed by atoms with E-state index in [0.29, 0.717) is 17.9 Å². The van der Waals surface area contributed by atoms with Crippen LogP contribution in [0.25, 0.3) is 11.1 Å². The van der Waals surface area contributed by atoms with Gasteiger partial charge in [0.1, 0.15) is 0 Å². The number of carbonyl (C=O) groups is 2. The van der Waals surface area contributed by atoms with Gasteiger partial charge in [-0.1, -0.05) is 66.2 Å². The van der Waals surface area contributed by atoms with E-state index in [1.165, 1.54) is 4.90 Å². The van der Waals surface area contributed by atoms with Crippen LogP contribution in [0.2, 0.25) is 0 Å². The van der Waals surface area contributed by atoms with Crippen molar-refractivity contribution in [2.24, 2.45) is 11.8 Å². The maximum absolute atomic E-state index is 12.7. The van der Waals surface area contributed by atoms with Gasteiger partial charge in [-0.05, 0) is 24.5 Å². The molecule has 2 atom stereocenters. The minimum Gasteiger partial charge on any atom is -0.367 e. The summed E-state index contributed by atoms with van der Waals surface area (Å²) < 4.78 is 0. The number of halogens is 1. The number of rotatable bonds is 4. The molecule has 4 rings (SSSR count). The van der Waals surface area contributed by atoms with Crippen molar-refractivity contribution in [2.45, 2.75) is 12.8 Å². The highest BCUT2D eigenvalue weighted by Crippen LogP contribution is 2.39. The molecule has 1 fully saturated rings. The molecule has 0 radical (unpaired) electrons. The zero-order valence-corrected chi connectivity index (χ0v) is 14.9. The SMILES string of the molecule is O=C1[C@H]2CC(Cl)=CC[C@H]2C(=O)N1CNc1ccccc1-c1ccccc1. The van der Waals surface area contributed by atoms with Gasteiger partial charge in [-0.25, -0.2) is 0 Å². The number of carbonyl (C=O) groups excluding carboxylic acids is 2. The van der Waals surface area contributed by atoms with Crippen LogP contribution in [0.1, 0.15) is 12.8 Å². The Labute approximate surface area is 157 Å². The lowest BCUT2D eigenvalue weighted by Gasteiger charge is -2.18. The minimum atomic E-state index is -0.314. The summed E-state index contributed by atoms with van der Waals surface area (Å²) in [6.45, 7) is 0.173. The number of imide groups is 1. The molecule has 0 spiro atoms. The first kappa shape index (κ1) is 16.9. The van der Waals surface area contributed by atoms with Gasteiger partial charge in [0.25, 0.3) is 0 Å². The molecule has 0 bridgehead atoms. The Balaban J connectivity index is 1.52. The Hall–Kier alpha value is -2.59. The quantitative estimate of drug-likeness (QED) is 0.823. The highest BCUT2D eigenvalue weighted by atomic mass is 35.5. The average molecular weight is 367 g/mol. The minimum absolute atomic E-state index is 0.106. The van der Waals surface area contributed by atoms with Gasteiger partial charge in [0, 0.05) is 16.3 Å². The third-order valence-electron chi connectivity index (χ3n) is 5.10. The van der Waals surface area contributed by atoms with E-state index in [2.05, 4.69) is 5.32 Å². The molecule has 2 aromatic carbocycles. The van der Waals surface area contributed by atoms with Crippen LogP contribution < -0.4 is 5.32 Å². The van der Waals surface area contributed by atoms with Gasteiger partial charge in [-0.3, -0.25) is 14.5 Å². The van der Waals surface area contributed by atoms with Crippen molar-refractivity contribution in [1.29, 1.82) is 0 Å². The van der Waals surface area contributed by atoms with E-state index in [9.17, 15) is 9.59 Å². The Bertz CT molecular complexity index is 879. The van der Waals surface area contributed by atoms with Crippen LogP contribution >= 0.6 is 11.6 Å². The third kappa shape index (κ3) is 3.01. The molecular formula is C21H19ClN2O2. The van der Waals surface area contributed by atoms with E-state index in [4.69, 9.17) is 11.6 Å². The van der Waals surface area contributed by atoms with Crippen LogP contribution in [-0.4, -0.2) is 23.4 Å². The zero-order valence-electron chi connectivity index (χ0n) is 14.2. The summed E-state index contributed by atoms with van der Waals surface area (Å²) in [4.78, 5) is 26.6. The molecular weight excluding hydrogens is 348 g/mol. The summed E-state index contributed by atoms with van der Waals surface area (Å²) in [6, 6.07) is 17.9. The Morgan fingerprint density at radius 3 is 2.46 bits per heavy atom. The number of hydrogen-bond donors (Lipinski definition) is 1. The normalized spacial score (nSPS) is 22.2. The number of amides is 2. The number of benzene rings is 2. The second-order valence-electron chi connectivity index (χ2n) is 6.65. The van der Waals surface area contributed by atoms with Crippen LogP contribution in [0, 0.1) is 11.8 Å². The molecule has 1 heterocycles. The summed E-state index contributed by atoms with van der Waals surface area (Å²) in [5, 5.41) is 3.95. The lowest BCUT2D eigenvalue weighted by molar-refractivity contribution is -0.139. The highest BCUT2D eigenvalue weighted by Gasteiger charge is 2.48. The summed E-state index contributed by atoms with van der Waals surface area (Å²) in [6.07, 6.45) is 2.87. The Kier molecular flexibility index (Phi) is 4.51. The van der Waals surface area contributed by atoms with Crippen LogP contribution in [-0.2, 0) is 9.59 Å². The highest BCUT2D eigenvalue weighted by molar-refractivity contribution is 6.30. The van der Waals surface area contributed by atoms with Crippen LogP contribution in [0.5, 0.6) is 0 Å². The molecule has 1 N–H and O–H groups in total. The van der Waals surface area contributed by atoms with E-state index in [-0.39, 0.29) is 30.3 Å². The first-order chi connectivity index (χ1) is 12.6. The van der Waals surface area contributed by atoms with Crippen LogP contribution in [0.4, 0.5) is 5.69 Å². The van der Waals surface area contributed by atoms with Gasteiger partial charge < -0.3 is 5.32 Å². The predicted octanol–water partition coefficient (Wildman–Crippen LogP) is 4.24. The number of fused-ring (bicyclic) bond motifs is 1. The molecule has 5 heteroatoms. The van der Waals surface area contributed by atoms with E-state index < -0.39 is 0 Å². The fourth-order valence-corrected chi connectivity index (χ4v) is 3.98. The number of nitrogens with zero attached hydrogens (tertiary/aromatic N) is 1. The molecule has 0 saturated carbocycles. The van der Waals surface area contributed by atoms with Gasteiger partial charge in [0.2, 0.25) is 11.8 Å². The van der Waals surface area contributed by atoms with Crippen molar-refractivity contribution in [2.75, 3.05) is 12.0 Å². The van der Waals surface area contributed by atoms with Gasteiger partial charge in [0.05, 0.1) is 18.5 Å². The molecule has 1 aliphatic heterocycles. The van der Waals surface area contributed by atoms with Crippen molar-refractivity contribution in [1.82, 2.24) is 4.90 Å². The molecule has 26 heavy (non-hydrogen) atoms. The smallest absolute Gasteiger partial charge is 0.234 e. The molecule has 1 aliphatic carbocycles. The van der Waals surface area contributed by atoms with E-state index >= 15 is 0 Å². The molecule has 4 nitrogen and oxygen atoms in total. The Morgan fingerprint density at radius 1 is 0.962 bits per heavy atom. The van der Waals surface area contributed by atoms with E-state index in [1.807, 2.05) is 60.7 Å². The second-order valence-corrected chi connectivity index (χ2v) is 7.14. The fraction of sp³-hybridized carbons (Fsp3) is 0.238. The van der Waals surface area contributed by atoms with Crippen molar-refractivity contribution < 1.29 is 9.59 Å². The van der Waals surface area contributed by atoms with Crippen molar-refractivity contribution in [3.63, 3.8) is 0 Å².